The first-order chi connectivity index (χ1) is 14.4. The minimum Gasteiger partial charge on any atom is -0.449 e. The molecule has 0 aromatic heterocycles. The minimum absolute atomic E-state index is 0.0510. The van der Waals surface area contributed by atoms with E-state index >= 15 is 0 Å². The molecular formula is C22H29N3O5. The number of fused-ring (bicyclic) bond motifs is 1. The standard InChI is InChI=1S/C22H29N3O5/c1-14(2)13-30-22(29)24-11-10-23-19(26)15-8-9-17-18(12-15)21(28)25(20(17)27)16-6-4-3-5-7-16/h8-9,12,14,16H,3-7,10-11,13H2,1-2H3,(H,23,26)(H,24,29). The summed E-state index contributed by atoms with van der Waals surface area (Å²) in [7, 11) is 0. The zero-order valence-corrected chi connectivity index (χ0v) is 17.5. The van der Waals surface area contributed by atoms with Gasteiger partial charge in [-0.05, 0) is 37.0 Å². The molecule has 0 saturated heterocycles. The summed E-state index contributed by atoms with van der Waals surface area (Å²) in [6, 6.07) is 4.53. The summed E-state index contributed by atoms with van der Waals surface area (Å²) >= 11 is 0. The minimum atomic E-state index is -0.526. The van der Waals surface area contributed by atoms with Crippen LogP contribution in [0.15, 0.2) is 18.2 Å². The smallest absolute Gasteiger partial charge is 0.407 e. The lowest BCUT2D eigenvalue weighted by Crippen LogP contribution is -2.40. The van der Waals surface area contributed by atoms with E-state index in [1.165, 1.54) is 11.0 Å². The molecular weight excluding hydrogens is 386 g/mol. The number of nitrogens with zero attached hydrogens (tertiary/aromatic N) is 1. The molecule has 0 atom stereocenters. The molecule has 0 unspecified atom stereocenters. The van der Waals surface area contributed by atoms with E-state index < -0.39 is 6.09 Å². The van der Waals surface area contributed by atoms with E-state index in [2.05, 4.69) is 10.6 Å². The van der Waals surface area contributed by atoms with E-state index in [-0.39, 0.29) is 48.3 Å². The van der Waals surface area contributed by atoms with Crippen LogP contribution < -0.4 is 10.6 Å². The van der Waals surface area contributed by atoms with Crippen LogP contribution in [-0.4, -0.2) is 54.5 Å². The van der Waals surface area contributed by atoms with Gasteiger partial charge in [0.1, 0.15) is 0 Å². The molecule has 1 saturated carbocycles. The molecule has 30 heavy (non-hydrogen) atoms. The topological polar surface area (TPSA) is 105 Å². The Labute approximate surface area is 176 Å². The Morgan fingerprint density at radius 2 is 1.70 bits per heavy atom. The van der Waals surface area contributed by atoms with E-state index in [1.54, 1.807) is 12.1 Å². The SMILES string of the molecule is CC(C)COC(=O)NCCNC(=O)c1ccc2c(c1)C(=O)N(C1CCCCC1)C2=O. The Bertz CT molecular complexity index is 830. The van der Waals surface area contributed by atoms with Gasteiger partial charge in [-0.25, -0.2) is 4.79 Å². The molecule has 8 nitrogen and oxygen atoms in total. The number of hydrogen-bond donors (Lipinski definition) is 2. The average Bonchev–Trinajstić information content (AvgIpc) is 2.99. The average molecular weight is 415 g/mol. The fourth-order valence-corrected chi connectivity index (χ4v) is 3.81. The van der Waals surface area contributed by atoms with Crippen LogP contribution in [0.1, 0.15) is 77.0 Å². The molecule has 1 aliphatic heterocycles. The molecule has 1 aromatic carbocycles. The van der Waals surface area contributed by atoms with Crippen LogP contribution in [0.4, 0.5) is 4.79 Å². The van der Waals surface area contributed by atoms with Crippen LogP contribution in [0.25, 0.3) is 0 Å². The first kappa shape index (κ1) is 21.8. The predicted octanol–water partition coefficient (Wildman–Crippen LogP) is 2.73. The van der Waals surface area contributed by atoms with Crippen molar-refractivity contribution in [2.24, 2.45) is 5.92 Å². The van der Waals surface area contributed by atoms with E-state index in [0.717, 1.165) is 32.1 Å². The van der Waals surface area contributed by atoms with E-state index in [0.29, 0.717) is 17.7 Å². The molecule has 1 aliphatic carbocycles. The van der Waals surface area contributed by atoms with Gasteiger partial charge in [0.2, 0.25) is 0 Å². The van der Waals surface area contributed by atoms with Gasteiger partial charge in [0.05, 0.1) is 17.7 Å². The van der Waals surface area contributed by atoms with Crippen LogP contribution >= 0.6 is 0 Å². The van der Waals surface area contributed by atoms with E-state index in [4.69, 9.17) is 4.74 Å². The zero-order valence-electron chi connectivity index (χ0n) is 17.5. The fourth-order valence-electron chi connectivity index (χ4n) is 3.81. The molecule has 0 spiro atoms. The first-order valence-electron chi connectivity index (χ1n) is 10.6. The molecule has 1 aromatic rings. The van der Waals surface area contributed by atoms with Crippen LogP contribution in [0, 0.1) is 5.92 Å². The van der Waals surface area contributed by atoms with Crippen molar-refractivity contribution < 1.29 is 23.9 Å². The van der Waals surface area contributed by atoms with Crippen LogP contribution in [0.5, 0.6) is 0 Å². The Balaban J connectivity index is 1.55. The Hall–Kier alpha value is -2.90. The van der Waals surface area contributed by atoms with Crippen molar-refractivity contribution in [3.63, 3.8) is 0 Å². The van der Waals surface area contributed by atoms with Gasteiger partial charge in [-0.1, -0.05) is 33.1 Å². The summed E-state index contributed by atoms with van der Waals surface area (Å²) in [5.74, 6) is -0.700. The summed E-state index contributed by atoms with van der Waals surface area (Å²) in [5, 5.41) is 5.25. The normalized spacial score (nSPS) is 16.6. The van der Waals surface area contributed by atoms with Gasteiger partial charge in [-0.15, -0.1) is 0 Å². The van der Waals surface area contributed by atoms with Crippen LogP contribution in [0.3, 0.4) is 0 Å². The maximum Gasteiger partial charge on any atom is 0.407 e. The van der Waals surface area contributed by atoms with Crippen molar-refractivity contribution in [2.45, 2.75) is 52.0 Å². The lowest BCUT2D eigenvalue weighted by molar-refractivity contribution is 0.0548. The zero-order chi connectivity index (χ0) is 21.7. The molecule has 1 fully saturated rings. The number of carbonyl (C=O) groups is 4. The van der Waals surface area contributed by atoms with Gasteiger partial charge >= 0.3 is 6.09 Å². The second-order valence-corrected chi connectivity index (χ2v) is 8.21. The highest BCUT2D eigenvalue weighted by Gasteiger charge is 2.40. The third-order valence-corrected chi connectivity index (χ3v) is 5.35. The Morgan fingerprint density at radius 3 is 2.40 bits per heavy atom. The molecule has 2 N–H and O–H groups in total. The number of ether oxygens (including phenoxy) is 1. The fraction of sp³-hybridized carbons (Fsp3) is 0.545. The summed E-state index contributed by atoms with van der Waals surface area (Å²) in [5.41, 5.74) is 0.952. The predicted molar refractivity (Wildman–Crippen MR) is 110 cm³/mol. The second-order valence-electron chi connectivity index (χ2n) is 8.21. The van der Waals surface area contributed by atoms with Gasteiger partial charge in [-0.3, -0.25) is 19.3 Å². The number of carbonyl (C=O) groups excluding carboxylic acids is 4. The van der Waals surface area contributed by atoms with Crippen molar-refractivity contribution in [1.82, 2.24) is 15.5 Å². The maximum atomic E-state index is 12.8. The van der Waals surface area contributed by atoms with Crippen molar-refractivity contribution in [1.29, 1.82) is 0 Å². The van der Waals surface area contributed by atoms with E-state index in [9.17, 15) is 19.2 Å². The first-order valence-corrected chi connectivity index (χ1v) is 10.6. The number of rotatable bonds is 7. The number of benzene rings is 1. The van der Waals surface area contributed by atoms with Crippen molar-refractivity contribution in [2.75, 3.05) is 19.7 Å². The third-order valence-electron chi connectivity index (χ3n) is 5.35. The van der Waals surface area contributed by atoms with Crippen molar-refractivity contribution in [3.05, 3.63) is 34.9 Å². The van der Waals surface area contributed by atoms with Crippen molar-refractivity contribution >= 4 is 23.8 Å². The monoisotopic (exact) mass is 415 g/mol. The Kier molecular flexibility index (Phi) is 7.07. The molecule has 4 amide bonds. The highest BCUT2D eigenvalue weighted by molar-refractivity contribution is 6.22. The van der Waals surface area contributed by atoms with Gasteiger partial charge in [0.25, 0.3) is 17.7 Å². The summed E-state index contributed by atoms with van der Waals surface area (Å²) in [4.78, 5) is 50.8. The molecule has 8 heteroatoms. The largest absolute Gasteiger partial charge is 0.449 e. The van der Waals surface area contributed by atoms with Crippen LogP contribution in [-0.2, 0) is 4.74 Å². The van der Waals surface area contributed by atoms with Gasteiger partial charge in [0, 0.05) is 24.7 Å². The number of nitrogens with one attached hydrogen (secondary N) is 2. The maximum absolute atomic E-state index is 12.8. The number of alkyl carbamates (subject to hydrolysis) is 1. The van der Waals surface area contributed by atoms with E-state index in [1.807, 2.05) is 13.8 Å². The molecule has 3 rings (SSSR count). The summed E-state index contributed by atoms with van der Waals surface area (Å²) in [6.45, 7) is 4.65. The quantitative estimate of drug-likeness (QED) is 0.526. The molecule has 1 heterocycles. The van der Waals surface area contributed by atoms with Crippen molar-refractivity contribution in [3.8, 4) is 0 Å². The molecule has 2 aliphatic rings. The van der Waals surface area contributed by atoms with Gasteiger partial charge in [-0.2, -0.15) is 0 Å². The molecule has 0 radical (unpaired) electrons. The summed E-state index contributed by atoms with van der Waals surface area (Å²) < 4.78 is 4.99. The summed E-state index contributed by atoms with van der Waals surface area (Å²) in [6.07, 6.45) is 4.32. The number of amides is 4. The molecule has 162 valence electrons. The highest BCUT2D eigenvalue weighted by Crippen LogP contribution is 2.31. The molecule has 0 bridgehead atoms. The number of hydrogen-bond acceptors (Lipinski definition) is 5. The highest BCUT2D eigenvalue weighted by atomic mass is 16.5. The second kappa shape index (κ2) is 9.73. The lowest BCUT2D eigenvalue weighted by Gasteiger charge is -2.29. The van der Waals surface area contributed by atoms with Gasteiger partial charge < -0.3 is 15.4 Å². The van der Waals surface area contributed by atoms with Crippen LogP contribution in [0.2, 0.25) is 0 Å². The lowest BCUT2D eigenvalue weighted by atomic mass is 9.94. The van der Waals surface area contributed by atoms with Gasteiger partial charge in [0.15, 0.2) is 0 Å². The Morgan fingerprint density at radius 1 is 1.03 bits per heavy atom. The third kappa shape index (κ3) is 4.98. The number of imide groups is 1.